The number of hydrogen-bond donors (Lipinski definition) is 1. The molecule has 0 aromatic heterocycles. The van der Waals surface area contributed by atoms with Crippen molar-refractivity contribution in [3.63, 3.8) is 0 Å². The number of hydrogen-bond acceptors (Lipinski definition) is 3. The maximum atomic E-state index is 12.0. The molecule has 1 aliphatic heterocycles. The van der Waals surface area contributed by atoms with E-state index in [-0.39, 0.29) is 4.90 Å². The summed E-state index contributed by atoms with van der Waals surface area (Å²) in [5.74, 6) is 0.406. The van der Waals surface area contributed by atoms with E-state index in [1.807, 2.05) is 12.1 Å². The SMILES string of the molecule is O=S1(=O)N=C(Nc2ccc3c(c2)CCC3)c2ccccc21. The van der Waals surface area contributed by atoms with Gasteiger partial charge in [0.25, 0.3) is 10.0 Å². The Balaban J connectivity index is 1.73. The summed E-state index contributed by atoms with van der Waals surface area (Å²) in [5, 5.41) is 3.15. The molecule has 0 unspecified atom stereocenters. The second-order valence-electron chi connectivity index (χ2n) is 5.37. The van der Waals surface area contributed by atoms with Gasteiger partial charge in [0, 0.05) is 11.3 Å². The van der Waals surface area contributed by atoms with E-state index in [0.29, 0.717) is 11.4 Å². The van der Waals surface area contributed by atoms with Gasteiger partial charge in [-0.15, -0.1) is 4.40 Å². The summed E-state index contributed by atoms with van der Waals surface area (Å²) in [7, 11) is -3.56. The maximum Gasteiger partial charge on any atom is 0.285 e. The Hall–Kier alpha value is -2.14. The third-order valence-electron chi connectivity index (χ3n) is 3.99. The first-order chi connectivity index (χ1) is 10.1. The first-order valence-electron chi connectivity index (χ1n) is 6.97. The van der Waals surface area contributed by atoms with Gasteiger partial charge in [0.2, 0.25) is 0 Å². The minimum Gasteiger partial charge on any atom is -0.339 e. The van der Waals surface area contributed by atoms with Crippen molar-refractivity contribution in [2.24, 2.45) is 4.40 Å². The summed E-state index contributed by atoms with van der Waals surface area (Å²) in [6.07, 6.45) is 3.41. The first kappa shape index (κ1) is 12.6. The molecule has 0 amide bonds. The van der Waals surface area contributed by atoms with E-state index in [9.17, 15) is 8.42 Å². The van der Waals surface area contributed by atoms with Gasteiger partial charge in [0.05, 0.1) is 0 Å². The molecule has 21 heavy (non-hydrogen) atoms. The molecule has 2 aliphatic rings. The van der Waals surface area contributed by atoms with Gasteiger partial charge >= 0.3 is 0 Å². The van der Waals surface area contributed by atoms with Crippen molar-refractivity contribution in [3.05, 3.63) is 59.2 Å². The van der Waals surface area contributed by atoms with Gasteiger partial charge in [0.15, 0.2) is 5.84 Å². The Morgan fingerprint density at radius 2 is 1.81 bits per heavy atom. The Kier molecular flexibility index (Phi) is 2.65. The Labute approximate surface area is 123 Å². The van der Waals surface area contributed by atoms with Crippen molar-refractivity contribution >= 4 is 21.5 Å². The second kappa shape index (κ2) is 4.43. The van der Waals surface area contributed by atoms with Gasteiger partial charge in [-0.2, -0.15) is 8.42 Å². The minimum absolute atomic E-state index is 0.272. The fourth-order valence-electron chi connectivity index (χ4n) is 2.98. The highest BCUT2D eigenvalue weighted by Gasteiger charge is 2.28. The third kappa shape index (κ3) is 2.05. The van der Waals surface area contributed by atoms with Gasteiger partial charge < -0.3 is 5.32 Å². The topological polar surface area (TPSA) is 58.5 Å². The number of benzene rings is 2. The van der Waals surface area contributed by atoms with Crippen molar-refractivity contribution in [1.82, 2.24) is 0 Å². The normalized spacial score (nSPS) is 18.0. The van der Waals surface area contributed by atoms with Crippen molar-refractivity contribution in [1.29, 1.82) is 0 Å². The van der Waals surface area contributed by atoms with Crippen LogP contribution in [0, 0.1) is 0 Å². The zero-order chi connectivity index (χ0) is 14.4. The number of nitrogens with zero attached hydrogens (tertiary/aromatic N) is 1. The lowest BCUT2D eigenvalue weighted by Crippen LogP contribution is -2.11. The molecular formula is C16H14N2O2S. The van der Waals surface area contributed by atoms with Crippen LogP contribution in [0.5, 0.6) is 0 Å². The van der Waals surface area contributed by atoms with Crippen LogP contribution in [0.25, 0.3) is 0 Å². The van der Waals surface area contributed by atoms with Crippen LogP contribution in [0.1, 0.15) is 23.1 Å². The molecule has 1 N–H and O–H groups in total. The van der Waals surface area contributed by atoms with Gasteiger partial charge in [-0.1, -0.05) is 18.2 Å². The summed E-state index contributed by atoms with van der Waals surface area (Å²) < 4.78 is 27.9. The molecule has 4 rings (SSSR count). The molecule has 106 valence electrons. The molecule has 0 saturated carbocycles. The molecule has 5 heteroatoms. The summed E-state index contributed by atoms with van der Waals surface area (Å²) >= 11 is 0. The summed E-state index contributed by atoms with van der Waals surface area (Å²) in [6.45, 7) is 0. The number of fused-ring (bicyclic) bond motifs is 2. The highest BCUT2D eigenvalue weighted by Crippen LogP contribution is 2.29. The third-order valence-corrected chi connectivity index (χ3v) is 5.33. The molecule has 0 spiro atoms. The number of nitrogens with one attached hydrogen (secondary N) is 1. The van der Waals surface area contributed by atoms with E-state index < -0.39 is 10.0 Å². The van der Waals surface area contributed by atoms with Crippen LogP contribution in [-0.4, -0.2) is 14.3 Å². The molecule has 2 aromatic carbocycles. The average Bonchev–Trinajstić information content (AvgIpc) is 3.02. The number of amidine groups is 1. The zero-order valence-electron chi connectivity index (χ0n) is 11.3. The molecule has 0 radical (unpaired) electrons. The van der Waals surface area contributed by atoms with Crippen molar-refractivity contribution in [3.8, 4) is 0 Å². The maximum absolute atomic E-state index is 12.0. The quantitative estimate of drug-likeness (QED) is 0.880. The predicted molar refractivity (Wildman–Crippen MR) is 82.3 cm³/mol. The highest BCUT2D eigenvalue weighted by molar-refractivity contribution is 7.90. The van der Waals surface area contributed by atoms with Crippen LogP contribution >= 0.6 is 0 Å². The van der Waals surface area contributed by atoms with Gasteiger partial charge in [-0.25, -0.2) is 0 Å². The van der Waals surface area contributed by atoms with E-state index in [2.05, 4.69) is 21.8 Å². The van der Waals surface area contributed by atoms with Crippen LogP contribution in [0.4, 0.5) is 5.69 Å². The number of anilines is 1. The Bertz CT molecular complexity index is 870. The van der Waals surface area contributed by atoms with Crippen molar-refractivity contribution in [2.75, 3.05) is 5.32 Å². The fourth-order valence-corrected chi connectivity index (χ4v) is 4.16. The summed E-state index contributed by atoms with van der Waals surface area (Å²) in [5.41, 5.74) is 4.26. The summed E-state index contributed by atoms with van der Waals surface area (Å²) in [4.78, 5) is 0.272. The molecule has 0 fully saturated rings. The number of rotatable bonds is 1. The Morgan fingerprint density at radius 1 is 1.00 bits per heavy atom. The smallest absolute Gasteiger partial charge is 0.285 e. The lowest BCUT2D eigenvalue weighted by molar-refractivity contribution is 0.599. The van der Waals surface area contributed by atoms with E-state index in [4.69, 9.17) is 0 Å². The van der Waals surface area contributed by atoms with Crippen LogP contribution in [0.3, 0.4) is 0 Å². The lowest BCUT2D eigenvalue weighted by Gasteiger charge is -2.08. The number of sulfonamides is 1. The molecule has 0 atom stereocenters. The minimum atomic E-state index is -3.56. The first-order valence-corrected chi connectivity index (χ1v) is 8.41. The van der Waals surface area contributed by atoms with E-state index >= 15 is 0 Å². The molecular weight excluding hydrogens is 284 g/mol. The molecule has 2 aromatic rings. The van der Waals surface area contributed by atoms with Crippen molar-refractivity contribution < 1.29 is 8.42 Å². The molecule has 0 bridgehead atoms. The van der Waals surface area contributed by atoms with Crippen LogP contribution < -0.4 is 5.32 Å². The monoisotopic (exact) mass is 298 g/mol. The summed E-state index contributed by atoms with van der Waals surface area (Å²) in [6, 6.07) is 13.1. The highest BCUT2D eigenvalue weighted by atomic mass is 32.2. The van der Waals surface area contributed by atoms with Gasteiger partial charge in [0.1, 0.15) is 4.90 Å². The van der Waals surface area contributed by atoms with Gasteiger partial charge in [-0.05, 0) is 54.7 Å². The van der Waals surface area contributed by atoms with Crippen LogP contribution in [0.2, 0.25) is 0 Å². The molecule has 1 heterocycles. The number of aryl methyl sites for hydroxylation is 2. The van der Waals surface area contributed by atoms with Crippen molar-refractivity contribution in [2.45, 2.75) is 24.2 Å². The molecule has 4 nitrogen and oxygen atoms in total. The van der Waals surface area contributed by atoms with E-state index in [0.717, 1.165) is 18.5 Å². The standard InChI is InChI=1S/C16H14N2O2S/c19-21(20)15-7-2-1-6-14(15)16(18-21)17-13-9-8-11-4-3-5-12(11)10-13/h1-2,6-10H,3-5H2,(H,17,18). The van der Waals surface area contributed by atoms with Crippen LogP contribution in [-0.2, 0) is 22.9 Å². The molecule has 0 saturated heterocycles. The lowest BCUT2D eigenvalue weighted by atomic mass is 10.1. The predicted octanol–water partition coefficient (Wildman–Crippen LogP) is 2.74. The molecule has 1 aliphatic carbocycles. The van der Waals surface area contributed by atoms with E-state index in [1.165, 1.54) is 17.5 Å². The zero-order valence-corrected chi connectivity index (χ0v) is 12.2. The fraction of sp³-hybridized carbons (Fsp3) is 0.188. The largest absolute Gasteiger partial charge is 0.339 e. The average molecular weight is 298 g/mol. The van der Waals surface area contributed by atoms with Gasteiger partial charge in [-0.3, -0.25) is 0 Å². The van der Waals surface area contributed by atoms with E-state index in [1.54, 1.807) is 18.2 Å². The Morgan fingerprint density at radius 3 is 2.71 bits per heavy atom. The second-order valence-corrected chi connectivity index (χ2v) is 6.95. The van der Waals surface area contributed by atoms with Crippen LogP contribution in [0.15, 0.2) is 51.8 Å².